The summed E-state index contributed by atoms with van der Waals surface area (Å²) in [7, 11) is 0. The second kappa shape index (κ2) is 7.43. The SMILES string of the molecule is C[C@@H]1CCCN(Cc2csc(NC(=O)c3ccccc3Cl)n2)C1. The number of halogens is 1. The number of likely N-dealkylation sites (tertiary alicyclic amines) is 1. The van der Waals surface area contributed by atoms with Crippen LogP contribution in [0.1, 0.15) is 35.8 Å². The summed E-state index contributed by atoms with van der Waals surface area (Å²) in [6, 6.07) is 7.02. The Bertz CT molecular complexity index is 688. The van der Waals surface area contributed by atoms with E-state index in [2.05, 4.69) is 22.1 Å². The molecule has 1 aliphatic heterocycles. The molecule has 1 aromatic heterocycles. The zero-order valence-electron chi connectivity index (χ0n) is 13.1. The third kappa shape index (κ3) is 4.31. The van der Waals surface area contributed by atoms with E-state index >= 15 is 0 Å². The van der Waals surface area contributed by atoms with Crippen LogP contribution in [-0.4, -0.2) is 28.9 Å². The van der Waals surface area contributed by atoms with Gasteiger partial charge in [-0.2, -0.15) is 0 Å². The average Bonchev–Trinajstić information content (AvgIpc) is 2.94. The van der Waals surface area contributed by atoms with Gasteiger partial charge in [-0.3, -0.25) is 15.0 Å². The number of carbonyl (C=O) groups is 1. The smallest absolute Gasteiger partial charge is 0.258 e. The van der Waals surface area contributed by atoms with Gasteiger partial charge in [0.1, 0.15) is 0 Å². The van der Waals surface area contributed by atoms with Gasteiger partial charge in [-0.1, -0.05) is 30.7 Å². The van der Waals surface area contributed by atoms with Crippen molar-refractivity contribution in [3.8, 4) is 0 Å². The van der Waals surface area contributed by atoms with Gasteiger partial charge < -0.3 is 0 Å². The highest BCUT2D eigenvalue weighted by Crippen LogP contribution is 2.22. The van der Waals surface area contributed by atoms with Crippen LogP contribution in [0.5, 0.6) is 0 Å². The lowest BCUT2D eigenvalue weighted by Gasteiger charge is -2.30. The lowest BCUT2D eigenvalue weighted by molar-refractivity contribution is 0.102. The average molecular weight is 350 g/mol. The van der Waals surface area contributed by atoms with E-state index in [4.69, 9.17) is 11.6 Å². The summed E-state index contributed by atoms with van der Waals surface area (Å²) in [5, 5.41) is 5.91. The van der Waals surface area contributed by atoms with Crippen molar-refractivity contribution in [3.63, 3.8) is 0 Å². The number of amides is 1. The van der Waals surface area contributed by atoms with Gasteiger partial charge in [0.25, 0.3) is 5.91 Å². The van der Waals surface area contributed by atoms with Gasteiger partial charge in [0, 0.05) is 18.5 Å². The van der Waals surface area contributed by atoms with Gasteiger partial charge in [0.15, 0.2) is 5.13 Å². The number of rotatable bonds is 4. The molecule has 1 aliphatic rings. The second-order valence-corrected chi connectivity index (χ2v) is 7.33. The van der Waals surface area contributed by atoms with Crippen molar-refractivity contribution in [2.75, 3.05) is 18.4 Å². The van der Waals surface area contributed by atoms with Crippen LogP contribution in [0, 0.1) is 5.92 Å². The summed E-state index contributed by atoms with van der Waals surface area (Å²) < 4.78 is 0. The van der Waals surface area contributed by atoms with Crippen LogP contribution >= 0.6 is 22.9 Å². The Morgan fingerprint density at radius 2 is 2.30 bits per heavy atom. The minimum absolute atomic E-state index is 0.219. The molecule has 3 rings (SSSR count). The van der Waals surface area contributed by atoms with Crippen LogP contribution in [0.4, 0.5) is 5.13 Å². The number of thiazole rings is 1. The van der Waals surface area contributed by atoms with Crippen molar-refractivity contribution in [1.82, 2.24) is 9.88 Å². The Balaban J connectivity index is 1.61. The summed E-state index contributed by atoms with van der Waals surface area (Å²) in [6.07, 6.45) is 2.56. The van der Waals surface area contributed by atoms with E-state index in [1.807, 2.05) is 5.38 Å². The molecule has 0 unspecified atom stereocenters. The predicted octanol–water partition coefficient (Wildman–Crippen LogP) is 4.28. The number of nitrogens with zero attached hydrogens (tertiary/aromatic N) is 2. The number of carbonyl (C=O) groups excluding carboxylic acids is 1. The van der Waals surface area contributed by atoms with E-state index in [0.717, 1.165) is 31.2 Å². The molecule has 1 saturated heterocycles. The first-order valence-corrected chi connectivity index (χ1v) is 9.10. The number of hydrogen-bond donors (Lipinski definition) is 1. The Labute approximate surface area is 145 Å². The Hall–Kier alpha value is -1.43. The minimum Gasteiger partial charge on any atom is -0.298 e. The third-order valence-corrected chi connectivity index (χ3v) is 5.15. The molecule has 23 heavy (non-hydrogen) atoms. The van der Waals surface area contributed by atoms with E-state index in [1.54, 1.807) is 24.3 Å². The highest BCUT2D eigenvalue weighted by Gasteiger charge is 2.18. The lowest BCUT2D eigenvalue weighted by atomic mass is 10.0. The number of anilines is 1. The van der Waals surface area contributed by atoms with E-state index in [1.165, 1.54) is 24.2 Å². The molecule has 2 heterocycles. The number of nitrogens with one attached hydrogen (secondary N) is 1. The Morgan fingerprint density at radius 3 is 3.09 bits per heavy atom. The molecule has 0 radical (unpaired) electrons. The van der Waals surface area contributed by atoms with Crippen LogP contribution in [-0.2, 0) is 6.54 Å². The van der Waals surface area contributed by atoms with E-state index in [0.29, 0.717) is 15.7 Å². The normalized spacial score (nSPS) is 18.8. The minimum atomic E-state index is -0.219. The highest BCUT2D eigenvalue weighted by molar-refractivity contribution is 7.14. The summed E-state index contributed by atoms with van der Waals surface area (Å²) in [5.74, 6) is 0.532. The maximum absolute atomic E-state index is 12.2. The molecule has 1 fully saturated rings. The Morgan fingerprint density at radius 1 is 1.48 bits per heavy atom. The van der Waals surface area contributed by atoms with E-state index in [-0.39, 0.29) is 5.91 Å². The molecule has 1 N–H and O–H groups in total. The molecular weight excluding hydrogens is 330 g/mol. The first-order valence-electron chi connectivity index (χ1n) is 7.84. The zero-order chi connectivity index (χ0) is 16.2. The van der Waals surface area contributed by atoms with Gasteiger partial charge in [0.05, 0.1) is 16.3 Å². The molecule has 0 aliphatic carbocycles. The van der Waals surface area contributed by atoms with Crippen LogP contribution in [0.25, 0.3) is 0 Å². The van der Waals surface area contributed by atoms with Crippen LogP contribution in [0.3, 0.4) is 0 Å². The largest absolute Gasteiger partial charge is 0.298 e. The fraction of sp³-hybridized carbons (Fsp3) is 0.412. The fourth-order valence-electron chi connectivity index (χ4n) is 2.91. The Kier molecular flexibility index (Phi) is 5.30. The topological polar surface area (TPSA) is 45.2 Å². The van der Waals surface area contributed by atoms with E-state index < -0.39 is 0 Å². The lowest BCUT2D eigenvalue weighted by Crippen LogP contribution is -2.33. The fourth-order valence-corrected chi connectivity index (χ4v) is 3.82. The van der Waals surface area contributed by atoms with Crippen LogP contribution in [0.15, 0.2) is 29.6 Å². The van der Waals surface area contributed by atoms with Crippen molar-refractivity contribution in [1.29, 1.82) is 0 Å². The molecule has 1 atom stereocenters. The maximum Gasteiger partial charge on any atom is 0.258 e. The summed E-state index contributed by atoms with van der Waals surface area (Å²) >= 11 is 7.50. The van der Waals surface area contributed by atoms with Crippen molar-refractivity contribution >= 4 is 34.0 Å². The quantitative estimate of drug-likeness (QED) is 0.896. The maximum atomic E-state index is 12.2. The molecule has 0 spiro atoms. The molecule has 0 bridgehead atoms. The number of piperidine rings is 1. The van der Waals surface area contributed by atoms with Gasteiger partial charge >= 0.3 is 0 Å². The van der Waals surface area contributed by atoms with E-state index in [9.17, 15) is 4.79 Å². The first-order chi connectivity index (χ1) is 11.1. The zero-order valence-corrected chi connectivity index (χ0v) is 14.7. The molecule has 122 valence electrons. The third-order valence-electron chi connectivity index (χ3n) is 4.02. The summed E-state index contributed by atoms with van der Waals surface area (Å²) in [6.45, 7) is 5.40. The van der Waals surface area contributed by atoms with Crippen LogP contribution < -0.4 is 5.32 Å². The number of benzene rings is 1. The van der Waals surface area contributed by atoms with Crippen molar-refractivity contribution in [2.24, 2.45) is 5.92 Å². The van der Waals surface area contributed by atoms with Crippen molar-refractivity contribution in [3.05, 3.63) is 45.9 Å². The molecule has 1 aromatic carbocycles. The number of hydrogen-bond acceptors (Lipinski definition) is 4. The predicted molar refractivity (Wildman–Crippen MR) is 95.2 cm³/mol. The molecule has 1 amide bonds. The van der Waals surface area contributed by atoms with Gasteiger partial charge in [0.2, 0.25) is 0 Å². The standard InChI is InChI=1S/C17H20ClN3OS/c1-12-5-4-8-21(9-12)10-13-11-23-17(19-13)20-16(22)14-6-2-3-7-15(14)18/h2-3,6-7,11-12H,4-5,8-10H2,1H3,(H,19,20,22)/t12-/m1/s1. The van der Waals surface area contributed by atoms with Crippen molar-refractivity contribution < 1.29 is 4.79 Å². The molecule has 0 saturated carbocycles. The van der Waals surface area contributed by atoms with Gasteiger partial charge in [-0.25, -0.2) is 4.98 Å². The highest BCUT2D eigenvalue weighted by atomic mass is 35.5. The first kappa shape index (κ1) is 16.4. The molecule has 6 heteroatoms. The summed E-state index contributed by atoms with van der Waals surface area (Å²) in [5.41, 5.74) is 1.48. The van der Waals surface area contributed by atoms with Crippen LogP contribution in [0.2, 0.25) is 5.02 Å². The summed E-state index contributed by atoms with van der Waals surface area (Å²) in [4.78, 5) is 19.2. The van der Waals surface area contributed by atoms with Crippen molar-refractivity contribution in [2.45, 2.75) is 26.3 Å². The molecular formula is C17H20ClN3OS. The monoisotopic (exact) mass is 349 g/mol. The van der Waals surface area contributed by atoms with Gasteiger partial charge in [-0.15, -0.1) is 11.3 Å². The molecule has 2 aromatic rings. The number of aromatic nitrogens is 1. The second-order valence-electron chi connectivity index (χ2n) is 6.06. The molecule has 4 nitrogen and oxygen atoms in total. The van der Waals surface area contributed by atoms with Gasteiger partial charge in [-0.05, 0) is 37.4 Å².